The molecule has 2 aromatic carbocycles. The van der Waals surface area contributed by atoms with Crippen molar-refractivity contribution in [1.82, 2.24) is 18.7 Å². The van der Waals surface area contributed by atoms with Crippen LogP contribution < -0.4 is 25.7 Å². The molecule has 2 N–H and O–H groups in total. The number of fused-ring (bicyclic) bond motifs is 2. The van der Waals surface area contributed by atoms with Crippen molar-refractivity contribution in [1.29, 1.82) is 0 Å². The van der Waals surface area contributed by atoms with Gasteiger partial charge < -0.3 is 15.0 Å². The largest absolute Gasteiger partial charge is 0.481 e. The van der Waals surface area contributed by atoms with Crippen molar-refractivity contribution in [3.05, 3.63) is 80.5 Å². The summed E-state index contributed by atoms with van der Waals surface area (Å²) in [5.74, 6) is 2.92. The van der Waals surface area contributed by atoms with Gasteiger partial charge in [-0.1, -0.05) is 49.6 Å². The average molecular weight is 594 g/mol. The zero-order valence-corrected chi connectivity index (χ0v) is 23.7. The lowest BCUT2D eigenvalue weighted by atomic mass is 9.92. The number of para-hydroxylation sites is 1. The van der Waals surface area contributed by atoms with Crippen molar-refractivity contribution in [3.8, 4) is 23.8 Å². The van der Waals surface area contributed by atoms with E-state index in [-0.39, 0.29) is 40.9 Å². The Balaban J connectivity index is 0.000000191. The number of nitrogen functional groups attached to an aromatic ring is 1. The molecule has 4 heterocycles. The summed E-state index contributed by atoms with van der Waals surface area (Å²) in [6.45, 7) is 5.05. The molecule has 0 saturated carbocycles. The number of halogens is 2. The van der Waals surface area contributed by atoms with Crippen molar-refractivity contribution >= 4 is 46.1 Å². The van der Waals surface area contributed by atoms with Crippen LogP contribution in [0.3, 0.4) is 0 Å². The van der Waals surface area contributed by atoms with Gasteiger partial charge in [-0.05, 0) is 23.6 Å². The highest BCUT2D eigenvalue weighted by atomic mass is 35.5. The van der Waals surface area contributed by atoms with E-state index in [2.05, 4.69) is 34.2 Å². The van der Waals surface area contributed by atoms with Gasteiger partial charge in [-0.3, -0.25) is 14.5 Å². The number of ether oxygens (including phenoxy) is 1. The molecule has 2 aliphatic rings. The number of nitrogens with two attached hydrogens (primary N) is 1. The molecule has 0 saturated heterocycles. The standard InChI is InChI=1S/C18H17FN4O2S.C10H8ClN3O/c1-4-5-22-13-7-12(11(19)6-14(13)25-9-16(22)24)20-17-23-10-18(2,3)8-15(23)21-26-17;11-9-8(12)6-13-14(10(9)15)7-4-2-1-3-5-7/h1,6-7H,5,8-10H2,2-3H3;1-6H,12H2. The number of anilines is 2. The molecule has 0 unspecified atom stereocenters. The molecule has 0 bridgehead atoms. The van der Waals surface area contributed by atoms with Gasteiger partial charge >= 0.3 is 0 Å². The van der Waals surface area contributed by atoms with Gasteiger partial charge in [0.25, 0.3) is 11.5 Å². The maximum absolute atomic E-state index is 14.5. The number of carbonyl (C=O) groups excluding carboxylic acids is 1. The van der Waals surface area contributed by atoms with Crippen molar-refractivity contribution in [2.75, 3.05) is 23.8 Å². The van der Waals surface area contributed by atoms with Crippen molar-refractivity contribution in [2.24, 2.45) is 10.4 Å². The molecule has 1 amide bonds. The Morgan fingerprint density at radius 1 is 1.27 bits per heavy atom. The number of amides is 1. The lowest BCUT2D eigenvalue weighted by molar-refractivity contribution is -0.121. The molecule has 0 radical (unpaired) electrons. The van der Waals surface area contributed by atoms with Crippen LogP contribution in [0.5, 0.6) is 5.75 Å². The van der Waals surface area contributed by atoms with Gasteiger partial charge in [0, 0.05) is 30.6 Å². The monoisotopic (exact) mass is 593 g/mol. The third-order valence-electron chi connectivity index (χ3n) is 6.38. The normalized spacial score (nSPS) is 15.3. The Morgan fingerprint density at radius 2 is 2.02 bits per heavy atom. The van der Waals surface area contributed by atoms with E-state index < -0.39 is 11.4 Å². The molecule has 41 heavy (non-hydrogen) atoms. The van der Waals surface area contributed by atoms with Crippen LogP contribution in [-0.2, 0) is 17.8 Å². The first-order valence-corrected chi connectivity index (χ1v) is 13.6. The fourth-order valence-corrected chi connectivity index (χ4v) is 5.33. The third kappa shape index (κ3) is 5.73. The fourth-order valence-electron chi connectivity index (χ4n) is 4.44. The van der Waals surface area contributed by atoms with Crippen LogP contribution in [0.4, 0.5) is 21.5 Å². The van der Waals surface area contributed by atoms with Gasteiger partial charge in [-0.25, -0.2) is 9.38 Å². The summed E-state index contributed by atoms with van der Waals surface area (Å²) in [4.78, 5) is 30.2. The number of hydrogen-bond acceptors (Lipinski definition) is 8. The third-order valence-corrected chi connectivity index (χ3v) is 7.54. The molecule has 210 valence electrons. The molecule has 10 nitrogen and oxygen atoms in total. The second kappa shape index (κ2) is 11.2. The fraction of sp³-hybridized carbons (Fsp3) is 0.250. The van der Waals surface area contributed by atoms with Crippen LogP contribution in [0.15, 0.2) is 58.4 Å². The summed E-state index contributed by atoms with van der Waals surface area (Å²) in [5.41, 5.74) is 6.57. The highest BCUT2D eigenvalue weighted by molar-refractivity contribution is 7.02. The smallest absolute Gasteiger partial charge is 0.292 e. The molecule has 0 spiro atoms. The first-order valence-electron chi connectivity index (χ1n) is 12.5. The highest BCUT2D eigenvalue weighted by Gasteiger charge is 2.31. The average Bonchev–Trinajstić information content (AvgIpc) is 3.45. The summed E-state index contributed by atoms with van der Waals surface area (Å²) in [6, 6.07) is 11.8. The maximum Gasteiger partial charge on any atom is 0.292 e. The summed E-state index contributed by atoms with van der Waals surface area (Å²) >= 11 is 6.98. The number of hydrogen-bond donors (Lipinski definition) is 1. The van der Waals surface area contributed by atoms with Crippen LogP contribution in [0, 0.1) is 23.6 Å². The van der Waals surface area contributed by atoms with E-state index in [0.717, 1.165) is 18.8 Å². The van der Waals surface area contributed by atoms with E-state index in [0.29, 0.717) is 21.9 Å². The van der Waals surface area contributed by atoms with E-state index in [1.807, 2.05) is 22.8 Å². The van der Waals surface area contributed by atoms with E-state index >= 15 is 0 Å². The molecule has 4 aromatic rings. The Kier molecular flexibility index (Phi) is 7.66. The van der Waals surface area contributed by atoms with E-state index in [9.17, 15) is 14.0 Å². The molecule has 0 fully saturated rings. The number of benzene rings is 2. The second-order valence-corrected chi connectivity index (χ2v) is 11.2. The molecule has 0 atom stereocenters. The minimum absolute atomic E-state index is 0.00569. The maximum atomic E-state index is 14.5. The lowest BCUT2D eigenvalue weighted by Crippen LogP contribution is -2.39. The van der Waals surface area contributed by atoms with Crippen molar-refractivity contribution in [2.45, 2.75) is 26.8 Å². The Labute approximate surface area is 243 Å². The lowest BCUT2D eigenvalue weighted by Gasteiger charge is -2.28. The highest BCUT2D eigenvalue weighted by Crippen LogP contribution is 2.37. The number of terminal acetylenes is 1. The van der Waals surface area contributed by atoms with E-state index in [4.69, 9.17) is 28.5 Å². The number of aromatic nitrogens is 4. The number of nitrogens with zero attached hydrogens (tertiary/aromatic N) is 6. The second-order valence-electron chi connectivity index (χ2n) is 10.1. The van der Waals surface area contributed by atoms with Crippen LogP contribution in [0.1, 0.15) is 19.7 Å². The van der Waals surface area contributed by atoms with Crippen LogP contribution in [0.25, 0.3) is 5.69 Å². The minimum Gasteiger partial charge on any atom is -0.481 e. The summed E-state index contributed by atoms with van der Waals surface area (Å²) in [7, 11) is 0. The molecule has 0 aliphatic carbocycles. The summed E-state index contributed by atoms with van der Waals surface area (Å²) in [5, 5.41) is 3.90. The Morgan fingerprint density at radius 3 is 2.76 bits per heavy atom. The summed E-state index contributed by atoms with van der Waals surface area (Å²) in [6.07, 6.45) is 7.57. The predicted octanol–water partition coefficient (Wildman–Crippen LogP) is 3.73. The van der Waals surface area contributed by atoms with Gasteiger partial charge in [-0.15, -0.1) is 6.42 Å². The molecular formula is C28H25ClFN7O3S. The first kappa shape index (κ1) is 28.1. The summed E-state index contributed by atoms with van der Waals surface area (Å²) < 4.78 is 27.5. The zero-order valence-electron chi connectivity index (χ0n) is 22.2. The quantitative estimate of drug-likeness (QED) is 0.362. The van der Waals surface area contributed by atoms with Crippen LogP contribution >= 0.6 is 23.1 Å². The van der Waals surface area contributed by atoms with Gasteiger partial charge in [0.1, 0.15) is 22.3 Å². The number of carbonyl (C=O) groups is 1. The van der Waals surface area contributed by atoms with Gasteiger partial charge in [-0.2, -0.15) is 14.2 Å². The topological polar surface area (TPSA) is 121 Å². The van der Waals surface area contributed by atoms with Crippen molar-refractivity contribution < 1.29 is 13.9 Å². The van der Waals surface area contributed by atoms with E-state index in [1.165, 1.54) is 39.4 Å². The zero-order chi connectivity index (χ0) is 29.3. The van der Waals surface area contributed by atoms with Gasteiger partial charge in [0.2, 0.25) is 4.80 Å². The molecule has 13 heteroatoms. The molecule has 2 aliphatic heterocycles. The Bertz CT molecular complexity index is 1810. The van der Waals surface area contributed by atoms with Crippen LogP contribution in [0.2, 0.25) is 5.02 Å². The molecule has 6 rings (SSSR count). The minimum atomic E-state index is -0.515. The van der Waals surface area contributed by atoms with Gasteiger partial charge in [0.15, 0.2) is 12.4 Å². The number of rotatable bonds is 3. The van der Waals surface area contributed by atoms with E-state index in [1.54, 1.807) is 12.1 Å². The molecular weight excluding hydrogens is 569 g/mol. The van der Waals surface area contributed by atoms with Gasteiger partial charge in [0.05, 0.1) is 29.8 Å². The Hall–Kier alpha value is -4.47. The van der Waals surface area contributed by atoms with Crippen molar-refractivity contribution in [3.63, 3.8) is 0 Å². The molecule has 2 aromatic heterocycles. The SMILES string of the molecule is C#CCN1C(=O)COc2cc(F)c(N=c3snc4n3CC(C)(C)C4)cc21.Nc1cnn(-c2ccccc2)c(=O)c1Cl. The predicted molar refractivity (Wildman–Crippen MR) is 155 cm³/mol. The van der Waals surface area contributed by atoms with Crippen LogP contribution in [-0.4, -0.2) is 37.8 Å². The first-order chi connectivity index (χ1) is 19.6.